The third kappa shape index (κ3) is 6.33. The third-order valence-electron chi connectivity index (χ3n) is 4.38. The molecule has 168 valence electrons. The van der Waals surface area contributed by atoms with Gasteiger partial charge in [-0.05, 0) is 62.4 Å². The fraction of sp³-hybridized carbons (Fsp3) is 0.227. The fourth-order valence-electron chi connectivity index (χ4n) is 2.93. The molecule has 0 aliphatic carbocycles. The molecule has 0 aliphatic rings. The number of anilines is 3. The molecule has 0 radical (unpaired) electrons. The number of nitrogens with zero attached hydrogens (tertiary/aromatic N) is 2. The van der Waals surface area contributed by atoms with Crippen LogP contribution in [0.3, 0.4) is 0 Å². The largest absolute Gasteiger partial charge is 0.383 e. The van der Waals surface area contributed by atoms with E-state index in [1.165, 1.54) is 31.4 Å². The van der Waals surface area contributed by atoms with Gasteiger partial charge in [0.2, 0.25) is 16.0 Å². The van der Waals surface area contributed by atoms with E-state index in [0.717, 1.165) is 11.4 Å². The molecule has 0 bridgehead atoms. The Hall–Kier alpha value is -3.34. The van der Waals surface area contributed by atoms with Gasteiger partial charge in [-0.2, -0.15) is 0 Å². The highest BCUT2D eigenvalue weighted by molar-refractivity contribution is 7.89. The number of aryl methyl sites for hydroxylation is 2. The normalized spacial score (nSPS) is 11.2. The van der Waals surface area contributed by atoms with Gasteiger partial charge in [0.1, 0.15) is 0 Å². The molecule has 3 aromatic rings. The van der Waals surface area contributed by atoms with Gasteiger partial charge in [-0.25, -0.2) is 23.1 Å². The predicted octanol–water partition coefficient (Wildman–Crippen LogP) is 3.01. The molecule has 0 atom stereocenters. The summed E-state index contributed by atoms with van der Waals surface area (Å²) in [6.45, 7) is 4.22. The van der Waals surface area contributed by atoms with Crippen molar-refractivity contribution in [3.8, 4) is 0 Å². The van der Waals surface area contributed by atoms with Crippen molar-refractivity contribution in [2.24, 2.45) is 0 Å². The quantitative estimate of drug-likeness (QED) is 0.424. The van der Waals surface area contributed by atoms with E-state index in [-0.39, 0.29) is 24.0 Å². The van der Waals surface area contributed by atoms with Gasteiger partial charge >= 0.3 is 0 Å². The smallest absolute Gasteiger partial charge is 0.255 e. The van der Waals surface area contributed by atoms with Crippen molar-refractivity contribution < 1.29 is 17.9 Å². The molecule has 32 heavy (non-hydrogen) atoms. The molecule has 1 aromatic heterocycles. The number of ether oxygens (including phenoxy) is 1. The zero-order chi connectivity index (χ0) is 23.1. The Bertz CT molecular complexity index is 1180. The Labute approximate surface area is 187 Å². The van der Waals surface area contributed by atoms with Crippen molar-refractivity contribution in [2.45, 2.75) is 18.7 Å². The van der Waals surface area contributed by atoms with Crippen LogP contribution in [0.25, 0.3) is 0 Å². The van der Waals surface area contributed by atoms with Crippen LogP contribution in [0.5, 0.6) is 0 Å². The Balaban J connectivity index is 1.67. The average Bonchev–Trinajstić information content (AvgIpc) is 2.74. The number of carbonyl (C=O) groups excluding carboxylic acids is 1. The van der Waals surface area contributed by atoms with E-state index in [0.29, 0.717) is 22.9 Å². The van der Waals surface area contributed by atoms with Gasteiger partial charge in [0.25, 0.3) is 5.91 Å². The van der Waals surface area contributed by atoms with E-state index >= 15 is 0 Å². The van der Waals surface area contributed by atoms with Crippen LogP contribution in [-0.4, -0.2) is 44.6 Å². The number of amides is 1. The summed E-state index contributed by atoms with van der Waals surface area (Å²) < 4.78 is 31.7. The Kier molecular flexibility index (Phi) is 7.52. The van der Waals surface area contributed by atoms with E-state index < -0.39 is 10.0 Å². The first-order chi connectivity index (χ1) is 15.3. The number of carbonyl (C=O) groups is 1. The summed E-state index contributed by atoms with van der Waals surface area (Å²) in [7, 11) is -2.14. The van der Waals surface area contributed by atoms with Crippen molar-refractivity contribution in [3.05, 3.63) is 71.5 Å². The zero-order valence-corrected chi connectivity index (χ0v) is 18.9. The summed E-state index contributed by atoms with van der Waals surface area (Å²) >= 11 is 0. The van der Waals surface area contributed by atoms with E-state index in [1.807, 2.05) is 26.0 Å². The summed E-state index contributed by atoms with van der Waals surface area (Å²) in [6.07, 6.45) is 0. The Morgan fingerprint density at radius 1 is 0.969 bits per heavy atom. The van der Waals surface area contributed by atoms with Crippen molar-refractivity contribution in [1.82, 2.24) is 14.7 Å². The molecule has 3 rings (SSSR count). The van der Waals surface area contributed by atoms with Crippen LogP contribution in [0.2, 0.25) is 0 Å². The molecule has 1 heterocycles. The number of nitrogens with one attached hydrogen (secondary N) is 3. The highest BCUT2D eigenvalue weighted by Crippen LogP contribution is 2.18. The number of sulfonamides is 1. The third-order valence-corrected chi connectivity index (χ3v) is 5.86. The molecule has 3 N–H and O–H groups in total. The maximum atomic E-state index is 12.7. The number of hydrogen-bond donors (Lipinski definition) is 3. The van der Waals surface area contributed by atoms with Crippen LogP contribution in [0, 0.1) is 13.8 Å². The van der Waals surface area contributed by atoms with Crippen LogP contribution in [0.1, 0.15) is 21.7 Å². The predicted molar refractivity (Wildman–Crippen MR) is 123 cm³/mol. The zero-order valence-electron chi connectivity index (χ0n) is 18.0. The summed E-state index contributed by atoms with van der Waals surface area (Å²) in [5, 5.41) is 5.87. The maximum absolute atomic E-state index is 12.7. The van der Waals surface area contributed by atoms with Gasteiger partial charge in [-0.3, -0.25) is 4.79 Å². The van der Waals surface area contributed by atoms with E-state index in [1.54, 1.807) is 18.2 Å². The summed E-state index contributed by atoms with van der Waals surface area (Å²) in [4.78, 5) is 21.4. The fourth-order valence-corrected chi connectivity index (χ4v) is 3.94. The van der Waals surface area contributed by atoms with Crippen LogP contribution >= 0.6 is 0 Å². The second-order valence-electron chi connectivity index (χ2n) is 7.05. The minimum absolute atomic E-state index is 0.103. The first kappa shape index (κ1) is 23.3. The van der Waals surface area contributed by atoms with Gasteiger partial charge in [0.05, 0.1) is 11.5 Å². The molecule has 0 saturated carbocycles. The van der Waals surface area contributed by atoms with Crippen molar-refractivity contribution in [1.29, 1.82) is 0 Å². The van der Waals surface area contributed by atoms with E-state index in [9.17, 15) is 13.2 Å². The van der Waals surface area contributed by atoms with Gasteiger partial charge in [-0.15, -0.1) is 0 Å². The molecule has 0 saturated heterocycles. The van der Waals surface area contributed by atoms with Gasteiger partial charge < -0.3 is 15.4 Å². The second kappa shape index (κ2) is 10.3. The SMILES string of the molecule is COCCNS(=O)(=O)c1ccc(NC(=O)c2cccc(Nc3nc(C)cc(C)n3)c2)cc1. The summed E-state index contributed by atoms with van der Waals surface area (Å²) in [6, 6.07) is 14.7. The maximum Gasteiger partial charge on any atom is 0.255 e. The van der Waals surface area contributed by atoms with E-state index in [2.05, 4.69) is 25.3 Å². The van der Waals surface area contributed by atoms with E-state index in [4.69, 9.17) is 4.74 Å². The number of benzene rings is 2. The minimum Gasteiger partial charge on any atom is -0.383 e. The number of methoxy groups -OCH3 is 1. The molecule has 0 fully saturated rings. The second-order valence-corrected chi connectivity index (χ2v) is 8.82. The average molecular weight is 456 g/mol. The van der Waals surface area contributed by atoms with Crippen LogP contribution in [0.15, 0.2) is 59.5 Å². The molecule has 0 spiro atoms. The van der Waals surface area contributed by atoms with Crippen molar-refractivity contribution in [2.75, 3.05) is 30.9 Å². The lowest BCUT2D eigenvalue weighted by Crippen LogP contribution is -2.27. The van der Waals surface area contributed by atoms with Gasteiger partial charge in [0.15, 0.2) is 0 Å². The minimum atomic E-state index is -3.63. The molecule has 9 nitrogen and oxygen atoms in total. The molecule has 1 amide bonds. The highest BCUT2D eigenvalue weighted by Gasteiger charge is 2.14. The topological polar surface area (TPSA) is 122 Å². The summed E-state index contributed by atoms with van der Waals surface area (Å²) in [5.41, 5.74) is 3.26. The number of aromatic nitrogens is 2. The molecular formula is C22H25N5O4S. The lowest BCUT2D eigenvalue weighted by Gasteiger charge is -2.10. The van der Waals surface area contributed by atoms with Gasteiger partial charge in [-0.1, -0.05) is 6.07 Å². The monoisotopic (exact) mass is 455 g/mol. The van der Waals surface area contributed by atoms with Crippen molar-refractivity contribution in [3.63, 3.8) is 0 Å². The Morgan fingerprint density at radius 3 is 2.31 bits per heavy atom. The first-order valence-electron chi connectivity index (χ1n) is 9.86. The van der Waals surface area contributed by atoms with Crippen molar-refractivity contribution >= 4 is 33.3 Å². The molecular weight excluding hydrogens is 430 g/mol. The molecule has 0 aliphatic heterocycles. The Morgan fingerprint density at radius 2 is 1.66 bits per heavy atom. The first-order valence-corrected chi connectivity index (χ1v) is 11.3. The van der Waals surface area contributed by atoms with Crippen LogP contribution in [0.4, 0.5) is 17.3 Å². The lowest BCUT2D eigenvalue weighted by molar-refractivity contribution is 0.102. The van der Waals surface area contributed by atoms with Crippen LogP contribution < -0.4 is 15.4 Å². The standard InChI is InChI=1S/C22H25N5O4S/c1-15-13-16(2)25-22(24-15)27-19-6-4-5-17(14-19)21(28)26-18-7-9-20(10-8-18)32(29,30)23-11-12-31-3/h4-10,13-14,23H,11-12H2,1-3H3,(H,26,28)(H,24,25,27). The van der Waals surface area contributed by atoms with Gasteiger partial charge in [0, 0.05) is 42.0 Å². The number of rotatable bonds is 9. The lowest BCUT2D eigenvalue weighted by atomic mass is 10.2. The summed E-state index contributed by atoms with van der Waals surface area (Å²) in [5.74, 6) is 0.125. The number of hydrogen-bond acceptors (Lipinski definition) is 7. The van der Waals surface area contributed by atoms with Crippen LogP contribution in [-0.2, 0) is 14.8 Å². The molecule has 10 heteroatoms. The highest BCUT2D eigenvalue weighted by atomic mass is 32.2. The molecule has 2 aromatic carbocycles. The molecule has 0 unspecified atom stereocenters.